The number of aliphatic imine (C=N–C) groups is 3. The van der Waals surface area contributed by atoms with E-state index in [1.165, 1.54) is 6.21 Å². The summed E-state index contributed by atoms with van der Waals surface area (Å²) < 4.78 is 0. The van der Waals surface area contributed by atoms with Gasteiger partial charge in [-0.05, 0) is 13.8 Å². The van der Waals surface area contributed by atoms with Crippen LogP contribution in [-0.4, -0.2) is 30.9 Å². The van der Waals surface area contributed by atoms with Gasteiger partial charge in [-0.3, -0.25) is 4.99 Å². The molecule has 0 rings (SSSR count). The fourth-order valence-corrected chi connectivity index (χ4v) is 0.588. The van der Waals surface area contributed by atoms with Gasteiger partial charge >= 0.3 is 0 Å². The van der Waals surface area contributed by atoms with Crippen LogP contribution >= 0.6 is 0 Å². The summed E-state index contributed by atoms with van der Waals surface area (Å²) in [5.74, 6) is 0.379. The van der Waals surface area contributed by atoms with Gasteiger partial charge in [-0.1, -0.05) is 6.58 Å². The van der Waals surface area contributed by atoms with Gasteiger partial charge in [0.15, 0.2) is 0 Å². The summed E-state index contributed by atoms with van der Waals surface area (Å²) >= 11 is 0. The Labute approximate surface area is 78.3 Å². The molecule has 0 aromatic heterocycles. The zero-order chi connectivity index (χ0) is 10.3. The Morgan fingerprint density at radius 3 is 2.38 bits per heavy atom. The molecule has 0 atom stereocenters. The van der Waals surface area contributed by atoms with Crippen LogP contribution in [0.2, 0.25) is 0 Å². The molecule has 0 heterocycles. The van der Waals surface area contributed by atoms with Crippen LogP contribution in [0.5, 0.6) is 0 Å². The van der Waals surface area contributed by atoms with E-state index in [-0.39, 0.29) is 0 Å². The van der Waals surface area contributed by atoms with Crippen molar-refractivity contribution in [3.05, 3.63) is 12.4 Å². The highest BCUT2D eigenvalue weighted by Crippen LogP contribution is 1.95. The van der Waals surface area contributed by atoms with Gasteiger partial charge in [0.2, 0.25) is 0 Å². The minimum atomic E-state index is 0.379. The van der Waals surface area contributed by atoms with E-state index in [1.807, 2.05) is 13.8 Å². The van der Waals surface area contributed by atoms with Gasteiger partial charge in [0, 0.05) is 19.5 Å². The third-order valence-electron chi connectivity index (χ3n) is 1.45. The average molecular weight is 178 g/mol. The molecule has 0 unspecified atom stereocenters. The van der Waals surface area contributed by atoms with Crippen molar-refractivity contribution in [1.29, 1.82) is 5.41 Å². The van der Waals surface area contributed by atoms with Gasteiger partial charge in [0.05, 0.1) is 11.4 Å². The fraction of sp³-hybridized carbons (Fsp3) is 0.333. The molecule has 0 aromatic carbocycles. The summed E-state index contributed by atoms with van der Waals surface area (Å²) in [5, 5.41) is 6.71. The summed E-state index contributed by atoms with van der Waals surface area (Å²) in [5.41, 5.74) is 1.64. The SMILES string of the molecule is C=C(/N=C\C=N)/N=C(C)\C(C)=N/C. The third-order valence-corrected chi connectivity index (χ3v) is 1.45. The topological polar surface area (TPSA) is 60.9 Å². The molecule has 0 aromatic rings. The lowest BCUT2D eigenvalue weighted by Crippen LogP contribution is -2.05. The zero-order valence-electron chi connectivity index (χ0n) is 8.20. The molecule has 4 heteroatoms. The van der Waals surface area contributed by atoms with Crippen LogP contribution in [0, 0.1) is 5.41 Å². The van der Waals surface area contributed by atoms with Crippen molar-refractivity contribution in [2.24, 2.45) is 15.0 Å². The van der Waals surface area contributed by atoms with E-state index in [0.29, 0.717) is 5.82 Å². The third kappa shape index (κ3) is 4.79. The van der Waals surface area contributed by atoms with E-state index >= 15 is 0 Å². The van der Waals surface area contributed by atoms with E-state index in [2.05, 4.69) is 21.6 Å². The Morgan fingerprint density at radius 2 is 1.92 bits per heavy atom. The van der Waals surface area contributed by atoms with Crippen molar-refractivity contribution in [1.82, 2.24) is 0 Å². The molecule has 0 bridgehead atoms. The predicted molar refractivity (Wildman–Crippen MR) is 58.6 cm³/mol. The Bertz CT molecular complexity index is 284. The van der Waals surface area contributed by atoms with Crippen molar-refractivity contribution < 1.29 is 0 Å². The predicted octanol–water partition coefficient (Wildman–Crippen LogP) is 1.73. The molecule has 13 heavy (non-hydrogen) atoms. The second kappa shape index (κ2) is 5.99. The molecule has 0 amide bonds. The maximum absolute atomic E-state index is 6.71. The summed E-state index contributed by atoms with van der Waals surface area (Å²) in [4.78, 5) is 11.8. The molecular formula is C9H14N4. The van der Waals surface area contributed by atoms with Crippen molar-refractivity contribution >= 4 is 23.9 Å². The van der Waals surface area contributed by atoms with Crippen LogP contribution in [0.4, 0.5) is 0 Å². The second-order valence-electron chi connectivity index (χ2n) is 2.37. The highest BCUT2D eigenvalue weighted by atomic mass is 15.0. The van der Waals surface area contributed by atoms with Crippen molar-refractivity contribution in [2.45, 2.75) is 13.8 Å². The van der Waals surface area contributed by atoms with Gasteiger partial charge in [-0.15, -0.1) is 0 Å². The van der Waals surface area contributed by atoms with Crippen molar-refractivity contribution in [2.75, 3.05) is 7.05 Å². The van der Waals surface area contributed by atoms with E-state index in [1.54, 1.807) is 7.05 Å². The van der Waals surface area contributed by atoms with E-state index in [9.17, 15) is 0 Å². The molecule has 0 fully saturated rings. The Balaban J connectivity index is 4.48. The highest BCUT2D eigenvalue weighted by Gasteiger charge is 1.94. The quantitative estimate of drug-likeness (QED) is 0.637. The minimum Gasteiger partial charge on any atom is -0.307 e. The number of rotatable bonds is 4. The maximum atomic E-state index is 6.71. The second-order valence-corrected chi connectivity index (χ2v) is 2.37. The number of hydrogen-bond acceptors (Lipinski definition) is 4. The molecule has 0 aliphatic rings. The van der Waals surface area contributed by atoms with Crippen LogP contribution in [-0.2, 0) is 0 Å². The monoisotopic (exact) mass is 178 g/mol. The Morgan fingerprint density at radius 1 is 1.31 bits per heavy atom. The summed E-state index contributed by atoms with van der Waals surface area (Å²) in [7, 11) is 1.71. The van der Waals surface area contributed by atoms with Crippen molar-refractivity contribution in [3.8, 4) is 0 Å². The largest absolute Gasteiger partial charge is 0.307 e. The first-order valence-corrected chi connectivity index (χ1v) is 3.83. The fourth-order valence-electron chi connectivity index (χ4n) is 0.588. The Kier molecular flexibility index (Phi) is 5.27. The molecule has 4 nitrogen and oxygen atoms in total. The molecule has 0 aliphatic carbocycles. The molecule has 1 N–H and O–H groups in total. The van der Waals surface area contributed by atoms with Gasteiger partial charge in [-0.25, -0.2) is 9.98 Å². The number of nitrogens with zero attached hydrogens (tertiary/aromatic N) is 3. The van der Waals surface area contributed by atoms with Gasteiger partial charge in [0.25, 0.3) is 0 Å². The van der Waals surface area contributed by atoms with Gasteiger partial charge < -0.3 is 5.41 Å². The molecule has 0 saturated heterocycles. The van der Waals surface area contributed by atoms with Crippen LogP contribution < -0.4 is 0 Å². The summed E-state index contributed by atoms with van der Waals surface area (Å²) in [6.45, 7) is 7.31. The number of hydrogen-bond donors (Lipinski definition) is 1. The number of nitrogens with one attached hydrogen (secondary N) is 1. The molecule has 0 aliphatic heterocycles. The van der Waals surface area contributed by atoms with Crippen LogP contribution in [0.1, 0.15) is 13.8 Å². The summed E-state index contributed by atoms with van der Waals surface area (Å²) in [6, 6.07) is 0. The summed E-state index contributed by atoms with van der Waals surface area (Å²) in [6.07, 6.45) is 2.41. The maximum Gasteiger partial charge on any atom is 0.145 e. The normalized spacial score (nSPS) is 13.5. The van der Waals surface area contributed by atoms with Gasteiger partial charge in [-0.2, -0.15) is 0 Å². The Hall–Kier alpha value is -1.58. The smallest absolute Gasteiger partial charge is 0.145 e. The van der Waals surface area contributed by atoms with E-state index in [4.69, 9.17) is 5.41 Å². The molecule has 0 saturated carbocycles. The first-order valence-electron chi connectivity index (χ1n) is 3.83. The highest BCUT2D eigenvalue weighted by molar-refractivity contribution is 6.40. The molecular weight excluding hydrogens is 164 g/mol. The first kappa shape index (κ1) is 11.4. The van der Waals surface area contributed by atoms with Crippen molar-refractivity contribution in [3.63, 3.8) is 0 Å². The van der Waals surface area contributed by atoms with E-state index in [0.717, 1.165) is 17.6 Å². The molecule has 0 spiro atoms. The first-order chi connectivity index (χ1) is 6.11. The van der Waals surface area contributed by atoms with Gasteiger partial charge in [0.1, 0.15) is 5.82 Å². The average Bonchev–Trinajstić information content (AvgIpc) is 2.13. The lowest BCUT2D eigenvalue weighted by Gasteiger charge is -1.97. The minimum absolute atomic E-state index is 0.379. The van der Waals surface area contributed by atoms with Crippen LogP contribution in [0.3, 0.4) is 0 Å². The standard InChI is InChI=1S/C9H14N4/c1-7(11-4)8(2)13-9(3)12-6-5-10/h5-6,10H,3H2,1-2,4H3/b10-5?,11-7-,12-6-,13-8-. The van der Waals surface area contributed by atoms with Crippen LogP contribution in [0.25, 0.3) is 0 Å². The lowest BCUT2D eigenvalue weighted by atomic mass is 10.3. The van der Waals surface area contributed by atoms with E-state index < -0.39 is 0 Å². The molecule has 70 valence electrons. The molecule has 0 radical (unpaired) electrons. The van der Waals surface area contributed by atoms with Crippen LogP contribution in [0.15, 0.2) is 27.4 Å². The zero-order valence-corrected chi connectivity index (χ0v) is 8.20. The lowest BCUT2D eigenvalue weighted by molar-refractivity contribution is 1.26.